The van der Waals surface area contributed by atoms with E-state index in [0.717, 1.165) is 11.3 Å². The molecule has 0 aliphatic carbocycles. The molecule has 1 unspecified atom stereocenters. The standard InChI is InChI=1S/C9H9N3O/c10-9(13)8-5-6-3-1-2-4-7(6)11-12-8/h1-4,8H,5H2,(H2,10,13). The minimum Gasteiger partial charge on any atom is -0.368 e. The van der Waals surface area contributed by atoms with E-state index in [1.807, 2.05) is 24.3 Å². The number of amides is 1. The number of nitrogens with two attached hydrogens (primary N) is 1. The van der Waals surface area contributed by atoms with Crippen LogP contribution in [0.3, 0.4) is 0 Å². The van der Waals surface area contributed by atoms with Crippen molar-refractivity contribution < 1.29 is 4.79 Å². The van der Waals surface area contributed by atoms with Crippen molar-refractivity contribution in [2.24, 2.45) is 16.0 Å². The summed E-state index contributed by atoms with van der Waals surface area (Å²) in [6.07, 6.45) is 0.564. The second-order valence-corrected chi connectivity index (χ2v) is 2.97. The van der Waals surface area contributed by atoms with E-state index < -0.39 is 11.9 Å². The van der Waals surface area contributed by atoms with E-state index in [1.165, 1.54) is 0 Å². The van der Waals surface area contributed by atoms with Gasteiger partial charge in [-0.25, -0.2) is 0 Å². The molecule has 0 fully saturated rings. The lowest BCUT2D eigenvalue weighted by atomic mass is 10.0. The highest BCUT2D eigenvalue weighted by molar-refractivity contribution is 5.81. The number of azo groups is 1. The Morgan fingerprint density at radius 3 is 3.00 bits per heavy atom. The molecule has 1 aromatic carbocycles. The number of carbonyl (C=O) groups excluding carboxylic acids is 1. The number of hydrogen-bond donors (Lipinski definition) is 1. The van der Waals surface area contributed by atoms with E-state index in [0.29, 0.717) is 6.42 Å². The van der Waals surface area contributed by atoms with Crippen LogP contribution >= 0.6 is 0 Å². The lowest BCUT2D eigenvalue weighted by Gasteiger charge is -2.13. The SMILES string of the molecule is NC(=O)C1Cc2ccccc2N=N1. The monoisotopic (exact) mass is 175 g/mol. The quantitative estimate of drug-likeness (QED) is 0.684. The topological polar surface area (TPSA) is 67.8 Å². The second-order valence-electron chi connectivity index (χ2n) is 2.97. The summed E-state index contributed by atoms with van der Waals surface area (Å²) in [7, 11) is 0. The summed E-state index contributed by atoms with van der Waals surface area (Å²) in [6.45, 7) is 0. The highest BCUT2D eigenvalue weighted by atomic mass is 16.1. The summed E-state index contributed by atoms with van der Waals surface area (Å²) in [5, 5.41) is 7.74. The summed E-state index contributed by atoms with van der Waals surface area (Å²) in [4.78, 5) is 10.8. The molecule has 0 aromatic heterocycles. The van der Waals surface area contributed by atoms with Crippen LogP contribution in [-0.4, -0.2) is 11.9 Å². The molecule has 2 N–H and O–H groups in total. The molecule has 13 heavy (non-hydrogen) atoms. The predicted molar refractivity (Wildman–Crippen MR) is 47.6 cm³/mol. The Morgan fingerprint density at radius 1 is 1.46 bits per heavy atom. The van der Waals surface area contributed by atoms with Crippen LogP contribution in [0.15, 0.2) is 34.5 Å². The van der Waals surface area contributed by atoms with Crippen LogP contribution < -0.4 is 5.73 Å². The Kier molecular flexibility index (Phi) is 1.81. The van der Waals surface area contributed by atoms with Gasteiger partial charge >= 0.3 is 0 Å². The van der Waals surface area contributed by atoms with Crippen LogP contribution in [0, 0.1) is 0 Å². The molecular formula is C9H9N3O. The van der Waals surface area contributed by atoms with Gasteiger partial charge in [0.25, 0.3) is 0 Å². The van der Waals surface area contributed by atoms with Gasteiger partial charge in [0.15, 0.2) is 6.04 Å². The summed E-state index contributed by atoms with van der Waals surface area (Å²) in [5.74, 6) is -0.418. The Labute approximate surface area is 75.5 Å². The molecule has 66 valence electrons. The maximum absolute atomic E-state index is 10.8. The molecule has 4 heteroatoms. The molecule has 1 aromatic rings. The Morgan fingerprint density at radius 2 is 2.23 bits per heavy atom. The van der Waals surface area contributed by atoms with Gasteiger partial charge in [-0.15, -0.1) is 0 Å². The first kappa shape index (κ1) is 7.91. The zero-order valence-corrected chi connectivity index (χ0v) is 6.97. The minimum absolute atomic E-state index is 0.418. The van der Waals surface area contributed by atoms with Crippen molar-refractivity contribution in [2.75, 3.05) is 0 Å². The predicted octanol–water partition coefficient (Wildman–Crippen LogP) is 1.18. The van der Waals surface area contributed by atoms with Gasteiger partial charge in [-0.1, -0.05) is 18.2 Å². The van der Waals surface area contributed by atoms with Gasteiger partial charge in [0, 0.05) is 6.42 Å². The normalized spacial score (nSPS) is 19.5. The van der Waals surface area contributed by atoms with Crippen LogP contribution in [0.2, 0.25) is 0 Å². The molecule has 4 nitrogen and oxygen atoms in total. The van der Waals surface area contributed by atoms with Gasteiger partial charge in [-0.05, 0) is 11.6 Å². The molecule has 1 heterocycles. The number of hydrogen-bond acceptors (Lipinski definition) is 3. The second kappa shape index (κ2) is 2.97. The molecule has 0 saturated carbocycles. The number of carbonyl (C=O) groups is 1. The molecule has 0 spiro atoms. The molecule has 2 rings (SSSR count). The summed E-state index contributed by atoms with van der Waals surface area (Å²) in [6, 6.07) is 7.12. The third kappa shape index (κ3) is 1.42. The van der Waals surface area contributed by atoms with E-state index in [2.05, 4.69) is 10.2 Å². The molecule has 1 aliphatic heterocycles. The van der Waals surface area contributed by atoms with E-state index in [-0.39, 0.29) is 0 Å². The van der Waals surface area contributed by atoms with E-state index >= 15 is 0 Å². The number of nitrogens with zero attached hydrogens (tertiary/aromatic N) is 2. The molecule has 0 bridgehead atoms. The average Bonchev–Trinajstić information content (AvgIpc) is 2.17. The van der Waals surface area contributed by atoms with Crippen LogP contribution in [0.1, 0.15) is 5.56 Å². The third-order valence-electron chi connectivity index (χ3n) is 2.04. The molecular weight excluding hydrogens is 166 g/mol. The first-order valence-electron chi connectivity index (χ1n) is 4.05. The van der Waals surface area contributed by atoms with Crippen molar-refractivity contribution in [3.8, 4) is 0 Å². The Bertz CT molecular complexity index is 373. The van der Waals surface area contributed by atoms with Gasteiger partial charge in [0.2, 0.25) is 5.91 Å². The van der Waals surface area contributed by atoms with Crippen molar-refractivity contribution in [1.82, 2.24) is 0 Å². The number of primary amides is 1. The van der Waals surface area contributed by atoms with Crippen molar-refractivity contribution in [3.63, 3.8) is 0 Å². The lowest BCUT2D eigenvalue weighted by molar-refractivity contribution is -0.119. The summed E-state index contributed by atoms with van der Waals surface area (Å²) >= 11 is 0. The van der Waals surface area contributed by atoms with Crippen LogP contribution in [0.4, 0.5) is 5.69 Å². The van der Waals surface area contributed by atoms with Crippen LogP contribution in [-0.2, 0) is 11.2 Å². The van der Waals surface area contributed by atoms with Crippen molar-refractivity contribution in [2.45, 2.75) is 12.5 Å². The molecule has 1 amide bonds. The highest BCUT2D eigenvalue weighted by Crippen LogP contribution is 2.25. The van der Waals surface area contributed by atoms with Gasteiger partial charge < -0.3 is 5.73 Å². The number of benzene rings is 1. The fraction of sp³-hybridized carbons (Fsp3) is 0.222. The lowest BCUT2D eigenvalue weighted by Crippen LogP contribution is -2.29. The fourth-order valence-electron chi connectivity index (χ4n) is 1.32. The summed E-state index contributed by atoms with van der Waals surface area (Å²) in [5.41, 5.74) is 6.99. The molecule has 1 aliphatic rings. The highest BCUT2D eigenvalue weighted by Gasteiger charge is 2.20. The fourth-order valence-corrected chi connectivity index (χ4v) is 1.32. The van der Waals surface area contributed by atoms with Crippen molar-refractivity contribution >= 4 is 11.6 Å². The van der Waals surface area contributed by atoms with Gasteiger partial charge in [0.1, 0.15) is 0 Å². The van der Waals surface area contributed by atoms with E-state index in [4.69, 9.17) is 5.73 Å². The number of fused-ring (bicyclic) bond motifs is 1. The minimum atomic E-state index is -0.491. The molecule has 0 saturated heterocycles. The first-order valence-corrected chi connectivity index (χ1v) is 4.05. The van der Waals surface area contributed by atoms with Crippen LogP contribution in [0.5, 0.6) is 0 Å². The van der Waals surface area contributed by atoms with E-state index in [1.54, 1.807) is 0 Å². The zero-order valence-electron chi connectivity index (χ0n) is 6.97. The van der Waals surface area contributed by atoms with Gasteiger partial charge in [0.05, 0.1) is 5.69 Å². The third-order valence-corrected chi connectivity index (χ3v) is 2.04. The first-order chi connectivity index (χ1) is 6.27. The average molecular weight is 175 g/mol. The molecule has 1 atom stereocenters. The van der Waals surface area contributed by atoms with Crippen LogP contribution in [0.25, 0.3) is 0 Å². The van der Waals surface area contributed by atoms with E-state index in [9.17, 15) is 4.79 Å². The Balaban J connectivity index is 2.34. The maximum atomic E-state index is 10.8. The van der Waals surface area contributed by atoms with Crippen molar-refractivity contribution in [3.05, 3.63) is 29.8 Å². The molecule has 0 radical (unpaired) electrons. The Hall–Kier alpha value is -1.71. The smallest absolute Gasteiger partial charge is 0.244 e. The van der Waals surface area contributed by atoms with Gasteiger partial charge in [-0.2, -0.15) is 10.2 Å². The maximum Gasteiger partial charge on any atom is 0.244 e. The zero-order chi connectivity index (χ0) is 9.26. The number of rotatable bonds is 1. The largest absolute Gasteiger partial charge is 0.368 e. The van der Waals surface area contributed by atoms with Crippen molar-refractivity contribution in [1.29, 1.82) is 0 Å². The van der Waals surface area contributed by atoms with Gasteiger partial charge in [-0.3, -0.25) is 4.79 Å². The summed E-state index contributed by atoms with van der Waals surface area (Å²) < 4.78 is 0.